The van der Waals surface area contributed by atoms with E-state index in [9.17, 15) is 5.26 Å². The number of nitrogens with one attached hydrogen (secondary N) is 1. The van der Waals surface area contributed by atoms with Crippen LogP contribution in [0.4, 0.5) is 5.69 Å². The van der Waals surface area contributed by atoms with E-state index in [-0.39, 0.29) is 6.04 Å². The van der Waals surface area contributed by atoms with Crippen molar-refractivity contribution in [3.63, 3.8) is 0 Å². The summed E-state index contributed by atoms with van der Waals surface area (Å²) in [6, 6.07) is 16.2. The van der Waals surface area contributed by atoms with Crippen LogP contribution in [-0.4, -0.2) is 6.61 Å². The van der Waals surface area contributed by atoms with Gasteiger partial charge in [-0.15, -0.1) is 0 Å². The van der Waals surface area contributed by atoms with E-state index >= 15 is 0 Å². The third kappa shape index (κ3) is 2.37. The predicted molar refractivity (Wildman–Crippen MR) is 81.8 cm³/mol. The fourth-order valence-electron chi connectivity index (χ4n) is 2.44. The average molecular weight is 329 g/mol. The molecule has 0 bridgehead atoms. The Kier molecular flexibility index (Phi) is 3.62. The highest BCUT2D eigenvalue weighted by Crippen LogP contribution is 2.35. The first-order chi connectivity index (χ1) is 9.79. The fourth-order valence-corrected chi connectivity index (χ4v) is 2.89. The van der Waals surface area contributed by atoms with Crippen molar-refractivity contribution in [2.45, 2.75) is 12.5 Å². The molecule has 1 heterocycles. The molecule has 3 nitrogen and oxygen atoms in total. The van der Waals surface area contributed by atoms with Crippen molar-refractivity contribution in [2.24, 2.45) is 0 Å². The van der Waals surface area contributed by atoms with E-state index in [1.165, 1.54) is 0 Å². The standard InChI is InChI=1S/C16H13BrN2O/c17-13-5-3-6-14(12(13)10-18)19-15-8-9-20-16-7-2-1-4-11(15)16/h1-7,15,19H,8-9H2. The minimum atomic E-state index is 0.168. The van der Waals surface area contributed by atoms with Gasteiger partial charge in [0.05, 0.1) is 23.9 Å². The Morgan fingerprint density at radius 1 is 1.20 bits per heavy atom. The second-order valence-corrected chi connectivity index (χ2v) is 5.50. The third-order valence-corrected chi connectivity index (χ3v) is 4.07. The van der Waals surface area contributed by atoms with E-state index in [2.05, 4.69) is 33.4 Å². The summed E-state index contributed by atoms with van der Waals surface area (Å²) in [7, 11) is 0. The number of para-hydroxylation sites is 1. The molecule has 1 aliphatic heterocycles. The maximum atomic E-state index is 9.28. The molecule has 0 saturated heterocycles. The zero-order chi connectivity index (χ0) is 13.9. The minimum absolute atomic E-state index is 0.168. The molecule has 1 atom stereocenters. The highest BCUT2D eigenvalue weighted by atomic mass is 79.9. The predicted octanol–water partition coefficient (Wildman–Crippen LogP) is 4.26. The summed E-state index contributed by atoms with van der Waals surface area (Å²) in [4.78, 5) is 0. The molecular weight excluding hydrogens is 316 g/mol. The molecule has 1 aliphatic rings. The molecule has 0 saturated carbocycles. The van der Waals surface area contributed by atoms with E-state index in [1.54, 1.807) is 0 Å². The van der Waals surface area contributed by atoms with Crippen molar-refractivity contribution in [1.82, 2.24) is 0 Å². The van der Waals surface area contributed by atoms with Crippen LogP contribution in [0.25, 0.3) is 0 Å². The van der Waals surface area contributed by atoms with E-state index in [1.807, 2.05) is 36.4 Å². The molecule has 4 heteroatoms. The molecule has 20 heavy (non-hydrogen) atoms. The van der Waals surface area contributed by atoms with E-state index in [0.717, 1.165) is 27.9 Å². The number of ether oxygens (including phenoxy) is 1. The van der Waals surface area contributed by atoms with Gasteiger partial charge in [0.1, 0.15) is 11.8 Å². The first kappa shape index (κ1) is 13.0. The number of nitriles is 1. The number of nitrogens with zero attached hydrogens (tertiary/aromatic N) is 1. The molecule has 0 fully saturated rings. The Morgan fingerprint density at radius 2 is 2.05 bits per heavy atom. The highest BCUT2D eigenvalue weighted by molar-refractivity contribution is 9.10. The number of benzene rings is 2. The maximum Gasteiger partial charge on any atom is 0.124 e. The summed E-state index contributed by atoms with van der Waals surface area (Å²) < 4.78 is 6.47. The number of rotatable bonds is 2. The van der Waals surface area contributed by atoms with Crippen molar-refractivity contribution < 1.29 is 4.74 Å². The van der Waals surface area contributed by atoms with Gasteiger partial charge >= 0.3 is 0 Å². The SMILES string of the molecule is N#Cc1c(Br)cccc1NC1CCOc2ccccc21. The maximum absolute atomic E-state index is 9.28. The van der Waals surface area contributed by atoms with Crippen LogP contribution in [0.5, 0.6) is 5.75 Å². The normalized spacial score (nSPS) is 16.7. The van der Waals surface area contributed by atoms with E-state index < -0.39 is 0 Å². The summed E-state index contributed by atoms with van der Waals surface area (Å²) in [5.41, 5.74) is 2.63. The lowest BCUT2D eigenvalue weighted by Gasteiger charge is -2.27. The van der Waals surface area contributed by atoms with Gasteiger partial charge in [-0.2, -0.15) is 5.26 Å². The molecular formula is C16H13BrN2O. The zero-order valence-corrected chi connectivity index (χ0v) is 12.4. The van der Waals surface area contributed by atoms with Crippen LogP contribution >= 0.6 is 15.9 Å². The van der Waals surface area contributed by atoms with Crippen molar-refractivity contribution in [2.75, 3.05) is 11.9 Å². The van der Waals surface area contributed by atoms with Crippen molar-refractivity contribution in [3.8, 4) is 11.8 Å². The van der Waals surface area contributed by atoms with Gasteiger partial charge in [0.25, 0.3) is 0 Å². The van der Waals surface area contributed by atoms with Crippen LogP contribution in [0, 0.1) is 11.3 Å². The highest BCUT2D eigenvalue weighted by Gasteiger charge is 2.21. The topological polar surface area (TPSA) is 45.0 Å². The molecule has 2 aromatic rings. The van der Waals surface area contributed by atoms with Gasteiger partial charge in [-0.3, -0.25) is 0 Å². The molecule has 0 radical (unpaired) electrons. The lowest BCUT2D eigenvalue weighted by molar-refractivity contribution is 0.274. The van der Waals surface area contributed by atoms with Crippen LogP contribution in [0.1, 0.15) is 23.6 Å². The number of hydrogen-bond acceptors (Lipinski definition) is 3. The Labute approximate surface area is 126 Å². The largest absolute Gasteiger partial charge is 0.493 e. The number of fused-ring (bicyclic) bond motifs is 1. The summed E-state index contributed by atoms with van der Waals surface area (Å²) in [6.45, 7) is 0.685. The van der Waals surface area contributed by atoms with Crippen molar-refractivity contribution in [3.05, 3.63) is 58.1 Å². The summed E-state index contributed by atoms with van der Waals surface area (Å²) >= 11 is 3.42. The molecule has 0 amide bonds. The Morgan fingerprint density at radius 3 is 2.90 bits per heavy atom. The lowest BCUT2D eigenvalue weighted by atomic mass is 10.00. The van der Waals surface area contributed by atoms with Gasteiger partial charge in [-0.1, -0.05) is 24.3 Å². The lowest BCUT2D eigenvalue weighted by Crippen LogP contribution is -2.20. The van der Waals surface area contributed by atoms with Crippen LogP contribution < -0.4 is 10.1 Å². The van der Waals surface area contributed by atoms with Gasteiger partial charge in [-0.05, 0) is 34.1 Å². The Hall–Kier alpha value is -1.99. The molecule has 2 aromatic carbocycles. The Bertz CT molecular complexity index is 678. The first-order valence-corrected chi connectivity index (χ1v) is 7.26. The Balaban J connectivity index is 1.94. The first-order valence-electron chi connectivity index (χ1n) is 6.46. The minimum Gasteiger partial charge on any atom is -0.493 e. The second kappa shape index (κ2) is 5.56. The van der Waals surface area contributed by atoms with E-state index in [0.29, 0.717) is 12.2 Å². The van der Waals surface area contributed by atoms with Gasteiger partial charge in [0.2, 0.25) is 0 Å². The molecule has 1 unspecified atom stereocenters. The molecule has 1 N–H and O–H groups in total. The molecule has 0 spiro atoms. The smallest absolute Gasteiger partial charge is 0.124 e. The van der Waals surface area contributed by atoms with E-state index in [4.69, 9.17) is 4.74 Å². The van der Waals surface area contributed by atoms with Crippen LogP contribution in [0.15, 0.2) is 46.9 Å². The number of halogens is 1. The molecule has 100 valence electrons. The third-order valence-electron chi connectivity index (χ3n) is 3.41. The summed E-state index contributed by atoms with van der Waals surface area (Å²) in [5, 5.41) is 12.7. The van der Waals surface area contributed by atoms with Gasteiger partial charge in [0.15, 0.2) is 0 Å². The van der Waals surface area contributed by atoms with Gasteiger partial charge < -0.3 is 10.1 Å². The van der Waals surface area contributed by atoms with Crippen molar-refractivity contribution in [1.29, 1.82) is 5.26 Å². The summed E-state index contributed by atoms with van der Waals surface area (Å²) in [5.74, 6) is 0.921. The average Bonchev–Trinajstić information content (AvgIpc) is 2.48. The van der Waals surface area contributed by atoms with Crippen LogP contribution in [0.2, 0.25) is 0 Å². The van der Waals surface area contributed by atoms with Gasteiger partial charge in [-0.25, -0.2) is 0 Å². The molecule has 3 rings (SSSR count). The zero-order valence-electron chi connectivity index (χ0n) is 10.8. The monoisotopic (exact) mass is 328 g/mol. The molecule has 0 aromatic heterocycles. The quantitative estimate of drug-likeness (QED) is 0.895. The molecule has 0 aliphatic carbocycles. The second-order valence-electron chi connectivity index (χ2n) is 4.65. The number of anilines is 1. The van der Waals surface area contributed by atoms with Crippen LogP contribution in [-0.2, 0) is 0 Å². The van der Waals surface area contributed by atoms with Gasteiger partial charge in [0, 0.05) is 16.5 Å². The van der Waals surface area contributed by atoms with Crippen molar-refractivity contribution >= 4 is 21.6 Å². The number of hydrogen-bond donors (Lipinski definition) is 1. The fraction of sp³-hybridized carbons (Fsp3) is 0.188. The van der Waals surface area contributed by atoms with Crippen LogP contribution in [0.3, 0.4) is 0 Å². The summed E-state index contributed by atoms with van der Waals surface area (Å²) in [6.07, 6.45) is 0.883.